The average molecular weight is 288 g/mol. The lowest BCUT2D eigenvalue weighted by atomic mass is 10.1. The standard InChI is InChI=1S/C10H14BrN3S/c11-8-9(12)13-6-14-10(8)15-5-7-3-1-2-4-7/h6-7H,1-5H2,(H2,12,13,14). The Morgan fingerprint density at radius 3 is 2.87 bits per heavy atom. The number of halogens is 1. The number of nitrogens with zero attached hydrogens (tertiary/aromatic N) is 2. The normalized spacial score (nSPS) is 17.1. The molecule has 3 nitrogen and oxygen atoms in total. The molecule has 2 N–H and O–H groups in total. The van der Waals surface area contributed by atoms with Gasteiger partial charge >= 0.3 is 0 Å². The molecule has 82 valence electrons. The summed E-state index contributed by atoms with van der Waals surface area (Å²) < 4.78 is 0.841. The van der Waals surface area contributed by atoms with E-state index in [1.165, 1.54) is 32.0 Å². The fourth-order valence-electron chi connectivity index (χ4n) is 1.84. The molecule has 0 bridgehead atoms. The van der Waals surface area contributed by atoms with Crippen LogP contribution in [0.15, 0.2) is 15.8 Å². The second-order valence-corrected chi connectivity index (χ2v) is 5.64. The molecular weight excluding hydrogens is 274 g/mol. The van der Waals surface area contributed by atoms with Gasteiger partial charge in [-0.2, -0.15) is 0 Å². The minimum absolute atomic E-state index is 0.527. The maximum Gasteiger partial charge on any atom is 0.142 e. The van der Waals surface area contributed by atoms with Crippen LogP contribution in [0.3, 0.4) is 0 Å². The fourth-order valence-corrected chi connectivity index (χ4v) is 3.47. The summed E-state index contributed by atoms with van der Waals surface area (Å²) in [6, 6.07) is 0. The summed E-state index contributed by atoms with van der Waals surface area (Å²) in [5, 5.41) is 0.967. The van der Waals surface area contributed by atoms with E-state index < -0.39 is 0 Å². The molecule has 15 heavy (non-hydrogen) atoms. The first kappa shape index (κ1) is 11.2. The molecule has 0 saturated heterocycles. The minimum atomic E-state index is 0.527. The van der Waals surface area contributed by atoms with E-state index >= 15 is 0 Å². The molecule has 0 radical (unpaired) electrons. The second-order valence-electron chi connectivity index (χ2n) is 3.84. The third kappa shape index (κ3) is 2.84. The summed E-state index contributed by atoms with van der Waals surface area (Å²) in [4.78, 5) is 8.15. The van der Waals surface area contributed by atoms with Crippen LogP contribution in [0.4, 0.5) is 5.82 Å². The first-order valence-electron chi connectivity index (χ1n) is 5.16. The molecule has 1 heterocycles. The van der Waals surface area contributed by atoms with Gasteiger partial charge in [0.1, 0.15) is 17.2 Å². The highest BCUT2D eigenvalue weighted by molar-refractivity contribution is 9.10. The van der Waals surface area contributed by atoms with Crippen LogP contribution >= 0.6 is 27.7 Å². The van der Waals surface area contributed by atoms with Gasteiger partial charge < -0.3 is 5.73 Å². The molecule has 1 saturated carbocycles. The summed E-state index contributed by atoms with van der Waals surface area (Å²) in [5.41, 5.74) is 5.69. The van der Waals surface area contributed by atoms with Gasteiger partial charge in [-0.15, -0.1) is 11.8 Å². The molecule has 1 aromatic heterocycles. The Bertz CT molecular complexity index is 339. The summed E-state index contributed by atoms with van der Waals surface area (Å²) in [5.74, 6) is 2.53. The van der Waals surface area contributed by atoms with E-state index in [0.29, 0.717) is 5.82 Å². The molecule has 1 aliphatic rings. The van der Waals surface area contributed by atoms with Gasteiger partial charge in [-0.3, -0.25) is 0 Å². The van der Waals surface area contributed by atoms with E-state index in [4.69, 9.17) is 5.73 Å². The van der Waals surface area contributed by atoms with E-state index in [1.54, 1.807) is 11.8 Å². The molecule has 0 spiro atoms. The van der Waals surface area contributed by atoms with Crippen molar-refractivity contribution in [2.45, 2.75) is 30.7 Å². The Kier molecular flexibility index (Phi) is 3.86. The van der Waals surface area contributed by atoms with Crippen molar-refractivity contribution in [3.8, 4) is 0 Å². The van der Waals surface area contributed by atoms with Crippen LogP contribution in [0.25, 0.3) is 0 Å². The molecule has 1 aliphatic carbocycles. The predicted molar refractivity (Wildman–Crippen MR) is 66.8 cm³/mol. The van der Waals surface area contributed by atoms with Crippen molar-refractivity contribution in [1.29, 1.82) is 0 Å². The lowest BCUT2D eigenvalue weighted by molar-refractivity contribution is 0.622. The number of hydrogen-bond acceptors (Lipinski definition) is 4. The van der Waals surface area contributed by atoms with Crippen molar-refractivity contribution in [3.63, 3.8) is 0 Å². The summed E-state index contributed by atoms with van der Waals surface area (Å²) in [6.45, 7) is 0. The maximum absolute atomic E-state index is 5.69. The van der Waals surface area contributed by atoms with Crippen LogP contribution in [0, 0.1) is 5.92 Å². The Morgan fingerprint density at radius 1 is 1.40 bits per heavy atom. The molecular formula is C10H14BrN3S. The quantitative estimate of drug-likeness (QED) is 0.686. The molecule has 1 aromatic rings. The molecule has 0 aliphatic heterocycles. The highest BCUT2D eigenvalue weighted by Gasteiger charge is 2.16. The van der Waals surface area contributed by atoms with E-state index in [-0.39, 0.29) is 0 Å². The van der Waals surface area contributed by atoms with Crippen molar-refractivity contribution in [3.05, 3.63) is 10.8 Å². The lowest BCUT2D eigenvalue weighted by Crippen LogP contribution is -1.99. The SMILES string of the molecule is Nc1ncnc(SCC2CCCC2)c1Br. The Morgan fingerprint density at radius 2 is 2.13 bits per heavy atom. The minimum Gasteiger partial charge on any atom is -0.383 e. The molecule has 0 unspecified atom stereocenters. The highest BCUT2D eigenvalue weighted by atomic mass is 79.9. The van der Waals surface area contributed by atoms with Crippen LogP contribution < -0.4 is 5.73 Å². The van der Waals surface area contributed by atoms with Gasteiger partial charge in [0.05, 0.1) is 4.47 Å². The fraction of sp³-hybridized carbons (Fsp3) is 0.600. The van der Waals surface area contributed by atoms with Crippen molar-refractivity contribution < 1.29 is 0 Å². The molecule has 1 fully saturated rings. The zero-order valence-corrected chi connectivity index (χ0v) is 10.9. The van der Waals surface area contributed by atoms with Crippen LogP contribution in [0.5, 0.6) is 0 Å². The molecule has 5 heteroatoms. The number of thioether (sulfide) groups is 1. The van der Waals surface area contributed by atoms with Crippen LogP contribution in [-0.4, -0.2) is 15.7 Å². The van der Waals surface area contributed by atoms with Gasteiger partial charge in [0.2, 0.25) is 0 Å². The highest BCUT2D eigenvalue weighted by Crippen LogP contribution is 2.34. The third-order valence-corrected chi connectivity index (χ3v) is 4.98. The van der Waals surface area contributed by atoms with Gasteiger partial charge in [-0.25, -0.2) is 9.97 Å². The monoisotopic (exact) mass is 287 g/mol. The average Bonchev–Trinajstić information content (AvgIpc) is 2.73. The first-order valence-corrected chi connectivity index (χ1v) is 6.94. The van der Waals surface area contributed by atoms with E-state index in [0.717, 1.165) is 21.2 Å². The van der Waals surface area contributed by atoms with E-state index in [1.807, 2.05) is 0 Å². The topological polar surface area (TPSA) is 51.8 Å². The Balaban J connectivity index is 1.95. The molecule has 0 amide bonds. The zero-order chi connectivity index (χ0) is 10.7. The first-order chi connectivity index (χ1) is 7.27. The summed E-state index contributed by atoms with van der Waals surface area (Å²) >= 11 is 5.20. The van der Waals surface area contributed by atoms with Gasteiger partial charge in [0.25, 0.3) is 0 Å². The van der Waals surface area contributed by atoms with Gasteiger partial charge in [-0.1, -0.05) is 12.8 Å². The largest absolute Gasteiger partial charge is 0.383 e. The van der Waals surface area contributed by atoms with E-state index in [9.17, 15) is 0 Å². The maximum atomic E-state index is 5.69. The number of nitrogens with two attached hydrogens (primary N) is 1. The third-order valence-electron chi connectivity index (χ3n) is 2.71. The predicted octanol–water partition coefficient (Wildman–Crippen LogP) is 3.10. The Labute approximate surface area is 102 Å². The molecule has 0 aromatic carbocycles. The van der Waals surface area contributed by atoms with E-state index in [2.05, 4.69) is 25.9 Å². The smallest absolute Gasteiger partial charge is 0.142 e. The van der Waals surface area contributed by atoms with Crippen molar-refractivity contribution in [2.24, 2.45) is 5.92 Å². The van der Waals surface area contributed by atoms with Gasteiger partial charge in [0, 0.05) is 5.75 Å². The number of aromatic nitrogens is 2. The van der Waals surface area contributed by atoms with Crippen LogP contribution in [-0.2, 0) is 0 Å². The van der Waals surface area contributed by atoms with Crippen LogP contribution in [0.2, 0.25) is 0 Å². The number of anilines is 1. The summed E-state index contributed by atoms with van der Waals surface area (Å²) in [6.07, 6.45) is 7.03. The Hall–Kier alpha value is -0.290. The van der Waals surface area contributed by atoms with Crippen molar-refractivity contribution in [2.75, 3.05) is 11.5 Å². The zero-order valence-electron chi connectivity index (χ0n) is 8.45. The second kappa shape index (κ2) is 5.16. The van der Waals surface area contributed by atoms with Gasteiger partial charge in [-0.05, 0) is 34.7 Å². The summed E-state index contributed by atoms with van der Waals surface area (Å²) in [7, 11) is 0. The lowest BCUT2D eigenvalue weighted by Gasteiger charge is -2.08. The van der Waals surface area contributed by atoms with Gasteiger partial charge in [0.15, 0.2) is 0 Å². The van der Waals surface area contributed by atoms with Crippen molar-refractivity contribution >= 4 is 33.5 Å². The molecule has 2 rings (SSSR count). The van der Waals surface area contributed by atoms with Crippen molar-refractivity contribution in [1.82, 2.24) is 9.97 Å². The number of rotatable bonds is 3. The number of hydrogen-bond donors (Lipinski definition) is 1. The number of nitrogen functional groups attached to an aromatic ring is 1. The molecule has 0 atom stereocenters. The van der Waals surface area contributed by atoms with Crippen LogP contribution in [0.1, 0.15) is 25.7 Å².